The zero-order valence-electron chi connectivity index (χ0n) is 38.8. The number of nitrogens with zero attached hydrogens (tertiary/aromatic N) is 1. The average molecular weight is 860 g/mol. The van der Waals surface area contributed by atoms with Crippen molar-refractivity contribution in [2.24, 2.45) is 5.41 Å². The lowest BCUT2D eigenvalue weighted by atomic mass is 9.57. The number of rotatable bonds is 6. The highest BCUT2D eigenvalue weighted by atomic mass is 15.2. The molecule has 321 valence electrons. The van der Waals surface area contributed by atoms with Crippen LogP contribution in [-0.4, -0.2) is 7.28 Å². The first-order valence-corrected chi connectivity index (χ1v) is 24.2. The fraction of sp³-hybridized carbons (Fsp3) is 0.156. The molecule has 67 heavy (non-hydrogen) atoms. The summed E-state index contributed by atoms with van der Waals surface area (Å²) in [6, 6.07) is 63.1. The summed E-state index contributed by atoms with van der Waals surface area (Å²) in [5.74, 6) is 0. The second-order valence-electron chi connectivity index (χ2n) is 20.2. The maximum absolute atomic E-state index is 3.96. The van der Waals surface area contributed by atoms with E-state index in [1.807, 2.05) is 0 Å². The average Bonchev–Trinajstić information content (AvgIpc) is 3.73. The van der Waals surface area contributed by atoms with E-state index in [0.29, 0.717) is 0 Å². The van der Waals surface area contributed by atoms with Gasteiger partial charge >= 0.3 is 0 Å². The second-order valence-corrected chi connectivity index (χ2v) is 20.2. The van der Waals surface area contributed by atoms with E-state index in [4.69, 9.17) is 0 Å². The van der Waals surface area contributed by atoms with Crippen LogP contribution in [0.5, 0.6) is 0 Å². The molecule has 1 N–H and O–H groups in total. The van der Waals surface area contributed by atoms with Crippen molar-refractivity contribution in [1.82, 2.24) is 0 Å². The van der Waals surface area contributed by atoms with Crippen LogP contribution in [0.2, 0.25) is 0 Å². The van der Waals surface area contributed by atoms with E-state index in [2.05, 4.69) is 233 Å². The number of fused-ring (bicyclic) bond motifs is 7. The van der Waals surface area contributed by atoms with Crippen molar-refractivity contribution in [3.63, 3.8) is 0 Å². The molecule has 0 saturated carbocycles. The lowest BCUT2D eigenvalue weighted by Gasteiger charge is -2.39. The van der Waals surface area contributed by atoms with Gasteiger partial charge in [0, 0.05) is 44.8 Å². The molecule has 13 rings (SSSR count). The van der Waals surface area contributed by atoms with Crippen LogP contribution in [0.3, 0.4) is 0 Å². The number of hydrogen-bond donors (Lipinski definition) is 1. The smallest absolute Gasteiger partial charge is 0.197 e. The van der Waals surface area contributed by atoms with Crippen molar-refractivity contribution in [3.8, 4) is 44.5 Å². The number of nitrogens with one attached hydrogen (secondary N) is 1. The molecule has 1 heterocycles. The Morgan fingerprint density at radius 3 is 1.99 bits per heavy atom. The molecule has 5 aliphatic rings. The fourth-order valence-corrected chi connectivity index (χ4v) is 12.2. The third-order valence-corrected chi connectivity index (χ3v) is 15.7. The number of benzene rings is 8. The first kappa shape index (κ1) is 40.0. The van der Waals surface area contributed by atoms with Crippen LogP contribution in [0, 0.1) is 5.41 Å². The minimum absolute atomic E-state index is 0.0156. The molecule has 1 radical (unpaired) electrons. The van der Waals surface area contributed by atoms with Crippen LogP contribution in [0.15, 0.2) is 216 Å². The second kappa shape index (κ2) is 15.1. The van der Waals surface area contributed by atoms with Crippen molar-refractivity contribution in [2.45, 2.75) is 58.8 Å². The van der Waals surface area contributed by atoms with Gasteiger partial charge in [0.05, 0.1) is 0 Å². The van der Waals surface area contributed by atoms with Crippen LogP contribution in [-0.2, 0) is 5.41 Å². The molecule has 0 aromatic heterocycles. The zero-order chi connectivity index (χ0) is 45.0. The summed E-state index contributed by atoms with van der Waals surface area (Å²) in [6.45, 7) is 9.76. The van der Waals surface area contributed by atoms with E-state index in [9.17, 15) is 0 Å². The number of allylic oxidation sites excluding steroid dienone is 8. The molecule has 4 aliphatic carbocycles. The van der Waals surface area contributed by atoms with Crippen LogP contribution >= 0.6 is 0 Å². The summed E-state index contributed by atoms with van der Waals surface area (Å²) in [5.41, 5.74) is 27.2. The van der Waals surface area contributed by atoms with Gasteiger partial charge in [-0.25, -0.2) is 0 Å². The summed E-state index contributed by atoms with van der Waals surface area (Å²) < 4.78 is 0. The van der Waals surface area contributed by atoms with Gasteiger partial charge in [0.15, 0.2) is 7.28 Å². The normalized spacial score (nSPS) is 17.0. The van der Waals surface area contributed by atoms with Crippen molar-refractivity contribution in [2.75, 3.05) is 10.2 Å². The monoisotopic (exact) mass is 859 g/mol. The van der Waals surface area contributed by atoms with Crippen LogP contribution < -0.4 is 21.1 Å². The molecule has 2 nitrogen and oxygen atoms in total. The van der Waals surface area contributed by atoms with Crippen molar-refractivity contribution in [1.29, 1.82) is 0 Å². The van der Waals surface area contributed by atoms with Gasteiger partial charge in [-0.05, 0) is 157 Å². The van der Waals surface area contributed by atoms with Gasteiger partial charge < -0.3 is 10.2 Å². The Hall–Kier alpha value is -7.36. The molecule has 0 spiro atoms. The van der Waals surface area contributed by atoms with E-state index >= 15 is 0 Å². The molecule has 0 saturated heterocycles. The van der Waals surface area contributed by atoms with Crippen LogP contribution in [0.25, 0.3) is 55.3 Å². The summed E-state index contributed by atoms with van der Waals surface area (Å²) in [5, 5.41) is 6.38. The molecule has 0 unspecified atom stereocenters. The van der Waals surface area contributed by atoms with E-state index < -0.39 is 0 Å². The summed E-state index contributed by atoms with van der Waals surface area (Å²) in [7, 11) is 2.51. The Balaban J connectivity index is 1.05. The van der Waals surface area contributed by atoms with Gasteiger partial charge in [-0.1, -0.05) is 178 Å². The van der Waals surface area contributed by atoms with Crippen LogP contribution in [0.1, 0.15) is 64.5 Å². The predicted molar refractivity (Wildman–Crippen MR) is 285 cm³/mol. The minimum atomic E-state index is -0.131. The predicted octanol–water partition coefficient (Wildman–Crippen LogP) is 15.7. The Labute approximate surface area is 396 Å². The summed E-state index contributed by atoms with van der Waals surface area (Å²) in [6.07, 6.45) is 11.7. The minimum Gasteiger partial charge on any atom is -0.355 e. The Morgan fingerprint density at radius 2 is 1.21 bits per heavy atom. The fourth-order valence-electron chi connectivity index (χ4n) is 12.2. The summed E-state index contributed by atoms with van der Waals surface area (Å²) >= 11 is 0. The molecular weight excluding hydrogens is 808 g/mol. The quantitative estimate of drug-likeness (QED) is 0.168. The molecule has 0 amide bonds. The highest BCUT2D eigenvalue weighted by Crippen LogP contribution is 2.56. The van der Waals surface area contributed by atoms with Gasteiger partial charge in [-0.3, -0.25) is 0 Å². The van der Waals surface area contributed by atoms with Gasteiger partial charge in [0.2, 0.25) is 0 Å². The van der Waals surface area contributed by atoms with Gasteiger partial charge in [-0.2, -0.15) is 0 Å². The lowest BCUT2D eigenvalue weighted by Crippen LogP contribution is -2.43. The van der Waals surface area contributed by atoms with Crippen molar-refractivity contribution < 1.29 is 0 Å². The molecule has 8 aromatic carbocycles. The molecule has 0 fully saturated rings. The molecule has 3 heteroatoms. The molecule has 0 bridgehead atoms. The Bertz CT molecular complexity index is 3490. The lowest BCUT2D eigenvalue weighted by molar-refractivity contribution is 0.531. The first-order valence-electron chi connectivity index (χ1n) is 24.2. The molecule has 8 aromatic rings. The maximum atomic E-state index is 3.96. The third kappa shape index (κ3) is 6.31. The van der Waals surface area contributed by atoms with Gasteiger partial charge in [-0.15, -0.1) is 0 Å². The number of hydrogen-bond acceptors (Lipinski definition) is 2. The highest BCUT2D eigenvalue weighted by Gasteiger charge is 2.42. The van der Waals surface area contributed by atoms with E-state index in [0.717, 1.165) is 37.1 Å². The standard InChI is InChI=1S/C64H52BN2/c1-63(2)54-25-15-13-23-48(54)50-32-31-47(37-56(50)63)67-60-39-57-51(49-24-14-16-26-55(49)64(57,3)4)38-58(60)65-62-53(34-45(36-61(62)67)41-19-9-6-10-20-41)52-33-43-21-11-12-22-44(43)35-59(52)66-46-29-27-42(28-30-46)40-17-7-5-8-18-40/h5-14,16-24,26-30,33-39,66H,15,25,31-32H2,1-4H3. The van der Waals surface area contributed by atoms with Gasteiger partial charge in [0.1, 0.15) is 0 Å². The Morgan fingerprint density at radius 1 is 0.522 bits per heavy atom. The molecular formula is C64H52BN2. The van der Waals surface area contributed by atoms with Gasteiger partial charge in [0.25, 0.3) is 0 Å². The van der Waals surface area contributed by atoms with Crippen LogP contribution in [0.4, 0.5) is 22.7 Å². The summed E-state index contributed by atoms with van der Waals surface area (Å²) in [4.78, 5) is 2.68. The van der Waals surface area contributed by atoms with Crippen molar-refractivity contribution in [3.05, 3.63) is 227 Å². The van der Waals surface area contributed by atoms with E-state index in [1.165, 1.54) is 106 Å². The third-order valence-electron chi connectivity index (χ3n) is 15.7. The Kier molecular flexibility index (Phi) is 9.00. The van der Waals surface area contributed by atoms with Crippen molar-refractivity contribution >= 4 is 51.7 Å². The molecule has 1 aliphatic heterocycles. The first-order chi connectivity index (χ1) is 32.7. The largest absolute Gasteiger partial charge is 0.355 e. The highest BCUT2D eigenvalue weighted by molar-refractivity contribution is 6.73. The number of anilines is 4. The maximum Gasteiger partial charge on any atom is 0.197 e. The topological polar surface area (TPSA) is 15.3 Å². The molecule has 0 atom stereocenters. The SMILES string of the molecule is CC1(C)C2=C(CCC(N3c4cc5c(cc4[B]c4c(-c6cc7ccccc7cc6Nc6ccc(-c7ccccc7)cc6)cc(-c6ccccc6)cc43)-c3ccccc3C5(C)C)=C2)C2=C1CCC=C2. The van der Waals surface area contributed by atoms with E-state index in [1.54, 1.807) is 11.1 Å². The zero-order valence-corrected chi connectivity index (χ0v) is 38.8. The van der Waals surface area contributed by atoms with E-state index in [-0.39, 0.29) is 10.8 Å².